The van der Waals surface area contributed by atoms with Crippen LogP contribution in [0.2, 0.25) is 0 Å². The molecule has 0 fully saturated rings. The van der Waals surface area contributed by atoms with E-state index in [1.165, 1.54) is 38.3 Å². The van der Waals surface area contributed by atoms with E-state index in [2.05, 4.69) is 14.7 Å². The zero-order valence-corrected chi connectivity index (χ0v) is 15.4. The van der Waals surface area contributed by atoms with Crippen molar-refractivity contribution < 1.29 is 28.2 Å². The molecule has 2 aromatic heterocycles. The van der Waals surface area contributed by atoms with Gasteiger partial charge in [0.25, 0.3) is 5.56 Å². The van der Waals surface area contributed by atoms with Crippen molar-refractivity contribution in [1.82, 2.24) is 9.97 Å². The van der Waals surface area contributed by atoms with Crippen molar-refractivity contribution in [1.29, 1.82) is 0 Å². The maximum atomic E-state index is 12.7. The summed E-state index contributed by atoms with van der Waals surface area (Å²) in [6.45, 7) is -1.55. The maximum Gasteiger partial charge on any atom is 0.387 e. The molecule has 0 atom stereocenters. The number of nitrogens with one attached hydrogen (secondary N) is 1. The number of ether oxygens (including phenoxy) is 2. The maximum absolute atomic E-state index is 12.7. The zero-order valence-electron chi connectivity index (χ0n) is 14.6. The molecule has 1 aromatic carbocycles. The lowest BCUT2D eigenvalue weighted by molar-refractivity contribution is -0.254. The average molecular weight is 407 g/mol. The van der Waals surface area contributed by atoms with Crippen LogP contribution in [0.1, 0.15) is 26.6 Å². The van der Waals surface area contributed by atoms with E-state index in [1.807, 2.05) is 0 Å². The first-order valence-electron chi connectivity index (χ1n) is 7.86. The number of aryl methyl sites for hydroxylation is 1. The summed E-state index contributed by atoms with van der Waals surface area (Å²) in [7, 11) is 1.32. The van der Waals surface area contributed by atoms with Gasteiger partial charge in [-0.2, -0.15) is 8.78 Å². The molecule has 28 heavy (non-hydrogen) atoms. The Morgan fingerprint density at radius 2 is 2.11 bits per heavy atom. The van der Waals surface area contributed by atoms with E-state index in [0.29, 0.717) is 0 Å². The fourth-order valence-electron chi connectivity index (χ4n) is 2.64. The largest absolute Gasteiger partial charge is 0.544 e. The number of nitrogens with zero attached hydrogens (tertiary/aromatic N) is 1. The number of rotatable bonds is 6. The van der Waals surface area contributed by atoms with Crippen LogP contribution in [0.5, 0.6) is 11.5 Å². The number of benzene rings is 1. The van der Waals surface area contributed by atoms with Crippen LogP contribution in [-0.2, 0) is 0 Å². The average Bonchev–Trinajstić information content (AvgIpc) is 2.97. The lowest BCUT2D eigenvalue weighted by Gasteiger charge is -2.12. The van der Waals surface area contributed by atoms with E-state index in [0.717, 1.165) is 11.3 Å². The van der Waals surface area contributed by atoms with Crippen molar-refractivity contribution in [3.8, 4) is 11.5 Å². The molecule has 146 valence electrons. The van der Waals surface area contributed by atoms with E-state index >= 15 is 0 Å². The number of para-hydroxylation sites is 1. The first-order valence-corrected chi connectivity index (χ1v) is 8.68. The number of carboxylic acid groups (broad SMARTS) is 1. The molecule has 0 aliphatic rings. The molecule has 7 nitrogen and oxygen atoms in total. The molecular formula is C18H13F2N2O5S-. The Morgan fingerprint density at radius 1 is 1.36 bits per heavy atom. The summed E-state index contributed by atoms with van der Waals surface area (Å²) < 4.78 is 35.0. The standard InChI is InChI=1S/C18H14F2N2O5S/c1-8-12-15(23)21-11(22-16(12)28-14(8)17(24)25)7-6-9-4-3-5-10(26-2)13(9)27-18(19)20/h3-7,18H,1-2H3,(H,24,25)(H,21,22,23)/p-1/b7-6+. The number of hydrogen-bond acceptors (Lipinski definition) is 7. The number of thiophene rings is 1. The second-order valence-corrected chi connectivity index (χ2v) is 6.56. The van der Waals surface area contributed by atoms with Crippen molar-refractivity contribution in [2.24, 2.45) is 0 Å². The zero-order chi connectivity index (χ0) is 20.4. The summed E-state index contributed by atoms with van der Waals surface area (Å²) in [4.78, 5) is 30.3. The minimum atomic E-state index is -3.05. The molecule has 0 bridgehead atoms. The smallest absolute Gasteiger partial charge is 0.387 e. The number of aromatic carboxylic acids is 1. The third-order valence-electron chi connectivity index (χ3n) is 3.86. The molecule has 0 saturated carbocycles. The number of alkyl halides is 2. The second-order valence-electron chi connectivity index (χ2n) is 5.57. The summed E-state index contributed by atoms with van der Waals surface area (Å²) in [6.07, 6.45) is 2.81. The quantitative estimate of drug-likeness (QED) is 0.673. The summed E-state index contributed by atoms with van der Waals surface area (Å²) in [5, 5.41) is 11.3. The van der Waals surface area contributed by atoms with Crippen LogP contribution in [0, 0.1) is 6.92 Å². The minimum Gasteiger partial charge on any atom is -0.544 e. The molecule has 0 aliphatic heterocycles. The van der Waals surface area contributed by atoms with Gasteiger partial charge in [-0.05, 0) is 30.7 Å². The Hall–Kier alpha value is -3.27. The van der Waals surface area contributed by atoms with Crippen LogP contribution in [0.15, 0.2) is 23.0 Å². The number of carboxylic acids is 1. The Balaban J connectivity index is 2.05. The Morgan fingerprint density at radius 3 is 2.75 bits per heavy atom. The van der Waals surface area contributed by atoms with Gasteiger partial charge in [-0.1, -0.05) is 12.1 Å². The highest BCUT2D eigenvalue weighted by Crippen LogP contribution is 2.33. The van der Waals surface area contributed by atoms with Gasteiger partial charge in [0.2, 0.25) is 0 Å². The van der Waals surface area contributed by atoms with E-state index in [4.69, 9.17) is 4.74 Å². The molecule has 0 radical (unpaired) electrons. The second kappa shape index (κ2) is 7.77. The number of H-pyrrole nitrogens is 1. The molecule has 0 aliphatic carbocycles. The van der Waals surface area contributed by atoms with E-state index < -0.39 is 18.1 Å². The number of carbonyl (C=O) groups is 1. The minimum absolute atomic E-state index is 0.0745. The number of fused-ring (bicyclic) bond motifs is 1. The SMILES string of the molecule is COc1cccc(/C=C/c2nc3sc(C(=O)[O-])c(C)c3c(=O)[nH]2)c1OC(F)F. The third-order valence-corrected chi connectivity index (χ3v) is 5.03. The highest BCUT2D eigenvalue weighted by atomic mass is 32.1. The van der Waals surface area contributed by atoms with Crippen LogP contribution in [0.4, 0.5) is 8.78 Å². The Kier molecular flexibility index (Phi) is 5.41. The summed E-state index contributed by atoms with van der Waals surface area (Å²) in [5.74, 6) is -1.31. The lowest BCUT2D eigenvalue weighted by atomic mass is 10.1. The van der Waals surface area contributed by atoms with Crippen LogP contribution in [-0.4, -0.2) is 29.7 Å². The van der Waals surface area contributed by atoms with Crippen molar-refractivity contribution in [2.45, 2.75) is 13.5 Å². The van der Waals surface area contributed by atoms with Gasteiger partial charge in [0, 0.05) is 5.56 Å². The number of carbonyl (C=O) groups excluding carboxylic acids is 1. The van der Waals surface area contributed by atoms with Gasteiger partial charge in [0.05, 0.1) is 23.3 Å². The highest BCUT2D eigenvalue weighted by Gasteiger charge is 2.16. The van der Waals surface area contributed by atoms with Gasteiger partial charge < -0.3 is 24.4 Å². The molecular weight excluding hydrogens is 394 g/mol. The molecule has 3 rings (SSSR count). The lowest BCUT2D eigenvalue weighted by Crippen LogP contribution is -2.21. The molecule has 2 heterocycles. The first-order chi connectivity index (χ1) is 13.3. The van der Waals surface area contributed by atoms with Crippen molar-refractivity contribution in [2.75, 3.05) is 7.11 Å². The number of aromatic amines is 1. The number of hydrogen-bond donors (Lipinski definition) is 1. The van der Waals surface area contributed by atoms with Crippen LogP contribution < -0.4 is 20.1 Å². The first kappa shape index (κ1) is 19.5. The molecule has 0 unspecified atom stereocenters. The van der Waals surface area contributed by atoms with E-state index in [-0.39, 0.29) is 43.5 Å². The molecule has 0 saturated heterocycles. The summed E-state index contributed by atoms with van der Waals surface area (Å²) in [5.41, 5.74) is 0.0467. The monoisotopic (exact) mass is 407 g/mol. The Bertz CT molecular complexity index is 1140. The molecule has 10 heteroatoms. The van der Waals surface area contributed by atoms with Gasteiger partial charge in [0.1, 0.15) is 10.7 Å². The summed E-state index contributed by atoms with van der Waals surface area (Å²) >= 11 is 0.829. The van der Waals surface area contributed by atoms with Crippen molar-refractivity contribution >= 4 is 39.7 Å². The van der Waals surface area contributed by atoms with E-state index in [1.54, 1.807) is 6.07 Å². The molecule has 0 amide bonds. The highest BCUT2D eigenvalue weighted by molar-refractivity contribution is 7.20. The van der Waals surface area contributed by atoms with Crippen LogP contribution >= 0.6 is 11.3 Å². The summed E-state index contributed by atoms with van der Waals surface area (Å²) in [6, 6.07) is 4.58. The van der Waals surface area contributed by atoms with Crippen LogP contribution in [0.3, 0.4) is 0 Å². The fourth-order valence-corrected chi connectivity index (χ4v) is 3.67. The number of methoxy groups -OCH3 is 1. The van der Waals surface area contributed by atoms with Gasteiger partial charge in [-0.3, -0.25) is 4.79 Å². The number of halogens is 2. The van der Waals surface area contributed by atoms with Crippen molar-refractivity contribution in [3.05, 3.63) is 50.4 Å². The predicted octanol–water partition coefficient (Wildman–Crippen LogP) is 2.44. The van der Waals surface area contributed by atoms with Gasteiger partial charge in [-0.15, -0.1) is 11.3 Å². The fraction of sp³-hybridized carbons (Fsp3) is 0.167. The molecule has 0 spiro atoms. The van der Waals surface area contributed by atoms with Crippen molar-refractivity contribution in [3.63, 3.8) is 0 Å². The van der Waals surface area contributed by atoms with Gasteiger partial charge >= 0.3 is 6.61 Å². The molecule has 3 aromatic rings. The normalized spacial score (nSPS) is 11.5. The predicted molar refractivity (Wildman–Crippen MR) is 97.9 cm³/mol. The van der Waals surface area contributed by atoms with Crippen LogP contribution in [0.25, 0.3) is 22.4 Å². The van der Waals surface area contributed by atoms with Gasteiger partial charge in [-0.25, -0.2) is 4.98 Å². The third kappa shape index (κ3) is 3.72. The van der Waals surface area contributed by atoms with E-state index in [9.17, 15) is 23.5 Å². The number of aromatic nitrogens is 2. The molecule has 1 N–H and O–H groups in total. The van der Waals surface area contributed by atoms with Gasteiger partial charge in [0.15, 0.2) is 11.5 Å². The topological polar surface area (TPSA) is 104 Å². The Labute approximate surface area is 160 Å².